The fraction of sp³-hybridized carbons (Fsp3) is 0.345. The van der Waals surface area contributed by atoms with Gasteiger partial charge in [-0.25, -0.2) is 0 Å². The first-order chi connectivity index (χ1) is 16.1. The number of rotatable bonds is 7. The van der Waals surface area contributed by atoms with Gasteiger partial charge in [0.1, 0.15) is 0 Å². The Morgan fingerprint density at radius 2 is 1.55 bits per heavy atom. The highest BCUT2D eigenvalue weighted by molar-refractivity contribution is 6.05. The molecule has 4 heteroatoms. The van der Waals surface area contributed by atoms with Gasteiger partial charge in [0.25, 0.3) is 5.91 Å². The van der Waals surface area contributed by atoms with E-state index in [9.17, 15) is 4.79 Å². The molecule has 1 unspecified atom stereocenters. The third kappa shape index (κ3) is 4.53. The molecule has 5 rings (SSSR count). The normalized spacial score (nSPS) is 15.9. The summed E-state index contributed by atoms with van der Waals surface area (Å²) in [4.78, 5) is 17.8. The van der Waals surface area contributed by atoms with Crippen molar-refractivity contribution < 1.29 is 4.79 Å². The van der Waals surface area contributed by atoms with Gasteiger partial charge in [-0.15, -0.1) is 0 Å². The largest absolute Gasteiger partial charge is 0.369 e. The summed E-state index contributed by atoms with van der Waals surface area (Å²) in [5.74, 6) is 0.0292. The van der Waals surface area contributed by atoms with Crippen molar-refractivity contribution in [3.63, 3.8) is 0 Å². The van der Waals surface area contributed by atoms with Crippen LogP contribution in [0.25, 0.3) is 22.3 Å². The van der Waals surface area contributed by atoms with Crippen molar-refractivity contribution in [2.75, 3.05) is 37.6 Å². The zero-order valence-corrected chi connectivity index (χ0v) is 19.7. The molecule has 33 heavy (non-hydrogen) atoms. The molecule has 1 saturated heterocycles. The van der Waals surface area contributed by atoms with E-state index in [1.807, 2.05) is 12.1 Å². The summed E-state index contributed by atoms with van der Waals surface area (Å²) >= 11 is 0. The molecule has 1 aliphatic carbocycles. The zero-order valence-electron chi connectivity index (χ0n) is 19.7. The first-order valence-electron chi connectivity index (χ1n) is 12.2. The molecule has 0 spiro atoms. The number of carbonyl (C=O) groups is 1. The summed E-state index contributed by atoms with van der Waals surface area (Å²) in [7, 11) is 0. The van der Waals surface area contributed by atoms with E-state index < -0.39 is 0 Å². The Morgan fingerprint density at radius 1 is 0.879 bits per heavy atom. The lowest BCUT2D eigenvalue weighted by atomic mass is 9.80. The van der Waals surface area contributed by atoms with Crippen LogP contribution in [0.1, 0.15) is 35.7 Å². The number of piperazine rings is 1. The van der Waals surface area contributed by atoms with E-state index in [0.29, 0.717) is 0 Å². The summed E-state index contributed by atoms with van der Waals surface area (Å²) in [5, 5.41) is 3.20. The van der Waals surface area contributed by atoms with Gasteiger partial charge < -0.3 is 10.2 Å². The number of para-hydroxylation sites is 1. The van der Waals surface area contributed by atoms with E-state index in [2.05, 4.69) is 83.6 Å². The highest BCUT2D eigenvalue weighted by atomic mass is 16.1. The Labute approximate surface area is 197 Å². The Bertz CT molecular complexity index is 1150. The summed E-state index contributed by atoms with van der Waals surface area (Å²) < 4.78 is 0. The molecule has 2 aliphatic rings. The quantitative estimate of drug-likeness (QED) is 0.421. The van der Waals surface area contributed by atoms with Gasteiger partial charge in [-0.2, -0.15) is 0 Å². The summed E-state index contributed by atoms with van der Waals surface area (Å²) in [6.45, 7) is 9.77. The van der Waals surface area contributed by atoms with Crippen LogP contribution in [0.4, 0.5) is 5.69 Å². The number of amides is 1. The molecule has 170 valence electrons. The van der Waals surface area contributed by atoms with Crippen LogP contribution in [0.15, 0.2) is 66.7 Å². The van der Waals surface area contributed by atoms with Crippen molar-refractivity contribution in [3.8, 4) is 22.3 Å². The Kier molecular flexibility index (Phi) is 6.19. The van der Waals surface area contributed by atoms with Crippen LogP contribution in [-0.2, 0) is 0 Å². The lowest BCUT2D eigenvalue weighted by Gasteiger charge is -2.37. The second-order valence-corrected chi connectivity index (χ2v) is 9.44. The van der Waals surface area contributed by atoms with Crippen LogP contribution in [0.2, 0.25) is 0 Å². The van der Waals surface area contributed by atoms with Crippen molar-refractivity contribution >= 4 is 11.6 Å². The predicted molar refractivity (Wildman–Crippen MR) is 137 cm³/mol. The van der Waals surface area contributed by atoms with Gasteiger partial charge in [-0.05, 0) is 79.3 Å². The molecule has 1 N–H and O–H groups in total. The number of anilines is 1. The van der Waals surface area contributed by atoms with E-state index in [4.69, 9.17) is 0 Å². The molecular formula is C29H33N3O. The number of fused-ring (bicyclic) bond motifs is 4. The second kappa shape index (κ2) is 9.40. The molecule has 0 radical (unpaired) electrons. The number of aryl methyl sites for hydroxylation is 1. The smallest absolute Gasteiger partial charge is 0.251 e. The molecule has 0 aromatic heterocycles. The van der Waals surface area contributed by atoms with Crippen molar-refractivity contribution in [2.24, 2.45) is 0 Å². The lowest BCUT2D eigenvalue weighted by molar-refractivity contribution is 0.0937. The first-order valence-corrected chi connectivity index (χ1v) is 12.2. The molecule has 3 aromatic rings. The number of hydrogen-bond donors (Lipinski definition) is 1. The molecule has 3 aromatic carbocycles. The summed E-state index contributed by atoms with van der Waals surface area (Å²) in [6.07, 6.45) is 2.10. The van der Waals surface area contributed by atoms with E-state index in [1.54, 1.807) is 0 Å². The van der Waals surface area contributed by atoms with Gasteiger partial charge in [0.15, 0.2) is 0 Å². The average Bonchev–Trinajstić information content (AvgIpc) is 2.83. The molecule has 1 amide bonds. The maximum atomic E-state index is 12.8. The molecule has 0 bridgehead atoms. The minimum atomic E-state index is 0.0292. The fourth-order valence-electron chi connectivity index (χ4n) is 5.16. The first kappa shape index (κ1) is 21.7. The average molecular weight is 440 g/mol. The van der Waals surface area contributed by atoms with E-state index in [1.165, 1.54) is 33.5 Å². The van der Waals surface area contributed by atoms with E-state index in [0.717, 1.165) is 51.1 Å². The summed E-state index contributed by atoms with van der Waals surface area (Å²) in [6, 6.07) is 23.3. The predicted octanol–water partition coefficient (Wildman–Crippen LogP) is 5.36. The van der Waals surface area contributed by atoms with Gasteiger partial charge in [-0.1, -0.05) is 48.5 Å². The number of nitrogens with one attached hydrogen (secondary N) is 1. The second-order valence-electron chi connectivity index (χ2n) is 9.44. The number of carbonyl (C=O) groups excluding carboxylic acids is 1. The topological polar surface area (TPSA) is 35.6 Å². The zero-order chi connectivity index (χ0) is 22.8. The molecule has 0 saturated carbocycles. The van der Waals surface area contributed by atoms with Gasteiger partial charge in [0.05, 0.1) is 0 Å². The lowest BCUT2D eigenvalue weighted by Crippen LogP contribution is -2.47. The molecule has 1 fully saturated rings. The van der Waals surface area contributed by atoms with Gasteiger partial charge in [0, 0.05) is 43.5 Å². The third-order valence-corrected chi connectivity index (χ3v) is 7.11. The highest BCUT2D eigenvalue weighted by Gasteiger charge is 2.23. The number of nitrogens with zero attached hydrogens (tertiary/aromatic N) is 2. The maximum Gasteiger partial charge on any atom is 0.251 e. The monoisotopic (exact) mass is 439 g/mol. The van der Waals surface area contributed by atoms with Crippen LogP contribution in [0.3, 0.4) is 0 Å². The minimum Gasteiger partial charge on any atom is -0.369 e. The van der Waals surface area contributed by atoms with Crippen LogP contribution in [-0.4, -0.2) is 49.6 Å². The molecule has 4 nitrogen and oxygen atoms in total. The van der Waals surface area contributed by atoms with E-state index in [-0.39, 0.29) is 11.9 Å². The van der Waals surface area contributed by atoms with Crippen LogP contribution < -0.4 is 10.2 Å². The maximum absolute atomic E-state index is 12.8. The van der Waals surface area contributed by atoms with Crippen molar-refractivity contribution in [1.29, 1.82) is 0 Å². The minimum absolute atomic E-state index is 0.0292. The third-order valence-electron chi connectivity index (χ3n) is 7.11. The Morgan fingerprint density at radius 3 is 2.30 bits per heavy atom. The molecule has 1 atom stereocenters. The van der Waals surface area contributed by atoms with Crippen LogP contribution in [0, 0.1) is 6.92 Å². The summed E-state index contributed by atoms with van der Waals surface area (Å²) in [5.41, 5.74) is 8.45. The molecular weight excluding hydrogens is 406 g/mol. The fourth-order valence-corrected chi connectivity index (χ4v) is 5.16. The number of hydrogen-bond acceptors (Lipinski definition) is 3. The van der Waals surface area contributed by atoms with Crippen molar-refractivity contribution in [2.45, 2.75) is 32.7 Å². The highest BCUT2D eigenvalue weighted by Crippen LogP contribution is 2.46. The van der Waals surface area contributed by atoms with Crippen LogP contribution >= 0.6 is 0 Å². The van der Waals surface area contributed by atoms with Crippen molar-refractivity contribution in [1.82, 2.24) is 10.2 Å². The molecule has 1 heterocycles. The Hall–Kier alpha value is -3.11. The SMILES string of the molecule is Cc1ccccc1N1CCN(CCCC(C)NC(=O)c2ccc3c(c2)-c2ccccc2-3)CC1. The number of benzene rings is 3. The van der Waals surface area contributed by atoms with E-state index >= 15 is 0 Å². The Balaban J connectivity index is 1.06. The standard InChI is InChI=1S/C29H33N3O/c1-21-8-3-6-12-28(21)32-18-16-31(17-19-32)15-7-9-22(2)30-29(33)23-13-14-26-24-10-4-5-11-25(24)27(26)20-23/h3-6,8,10-14,20,22H,7,9,15-19H2,1-2H3,(H,30,33). The van der Waals surface area contributed by atoms with Gasteiger partial charge >= 0.3 is 0 Å². The van der Waals surface area contributed by atoms with Gasteiger partial charge in [-0.3, -0.25) is 9.69 Å². The van der Waals surface area contributed by atoms with Crippen LogP contribution in [0.5, 0.6) is 0 Å². The van der Waals surface area contributed by atoms with Gasteiger partial charge in [0.2, 0.25) is 0 Å². The van der Waals surface area contributed by atoms with Crippen molar-refractivity contribution in [3.05, 3.63) is 77.9 Å². The molecule has 1 aliphatic heterocycles.